The van der Waals surface area contributed by atoms with Crippen molar-refractivity contribution in [1.29, 1.82) is 0 Å². The molecule has 1 amide bonds. The minimum atomic E-state index is -0.370. The Morgan fingerprint density at radius 3 is 2.47 bits per heavy atom. The zero-order valence-corrected chi connectivity index (χ0v) is 10.1. The van der Waals surface area contributed by atoms with E-state index in [9.17, 15) is 9.90 Å². The Balaban J connectivity index is 2.60. The Morgan fingerprint density at radius 2 is 2.00 bits per heavy atom. The van der Waals surface area contributed by atoms with Crippen molar-refractivity contribution in [3.63, 3.8) is 0 Å². The van der Waals surface area contributed by atoms with Crippen LogP contribution in [0.25, 0.3) is 0 Å². The van der Waals surface area contributed by atoms with Crippen LogP contribution in [0.1, 0.15) is 27.7 Å². The Kier molecular flexibility index (Phi) is 4.11. The van der Waals surface area contributed by atoms with Crippen molar-refractivity contribution in [2.75, 3.05) is 19.6 Å². The number of nitrogens with zero attached hydrogens (tertiary/aromatic N) is 2. The lowest BCUT2D eigenvalue weighted by atomic mass is 10.1. The van der Waals surface area contributed by atoms with Crippen molar-refractivity contribution in [2.45, 2.75) is 45.9 Å². The van der Waals surface area contributed by atoms with Crippen LogP contribution in [0.2, 0.25) is 0 Å². The third-order valence-electron chi connectivity index (χ3n) is 2.94. The van der Waals surface area contributed by atoms with Crippen LogP contribution in [-0.2, 0) is 4.79 Å². The minimum Gasteiger partial charge on any atom is -0.392 e. The maximum absolute atomic E-state index is 12.0. The second kappa shape index (κ2) is 4.94. The van der Waals surface area contributed by atoms with Crippen LogP contribution in [0.15, 0.2) is 0 Å². The van der Waals surface area contributed by atoms with E-state index < -0.39 is 0 Å². The van der Waals surface area contributed by atoms with Crippen LogP contribution in [-0.4, -0.2) is 58.6 Å². The monoisotopic (exact) mass is 214 g/mol. The third-order valence-corrected chi connectivity index (χ3v) is 2.94. The van der Waals surface area contributed by atoms with E-state index in [1.165, 1.54) is 0 Å². The highest BCUT2D eigenvalue weighted by Gasteiger charge is 2.32. The molecule has 1 N–H and O–H groups in total. The molecule has 0 aromatic heterocycles. The van der Waals surface area contributed by atoms with Crippen LogP contribution < -0.4 is 0 Å². The van der Waals surface area contributed by atoms with E-state index in [-0.39, 0.29) is 24.1 Å². The zero-order chi connectivity index (χ0) is 11.6. The molecule has 1 aliphatic rings. The number of piperazine rings is 1. The van der Waals surface area contributed by atoms with E-state index in [4.69, 9.17) is 0 Å². The maximum Gasteiger partial charge on any atom is 0.239 e. The molecule has 2 unspecified atom stereocenters. The van der Waals surface area contributed by atoms with Crippen molar-refractivity contribution >= 4 is 5.91 Å². The van der Waals surface area contributed by atoms with E-state index in [0.29, 0.717) is 6.54 Å². The summed E-state index contributed by atoms with van der Waals surface area (Å²) in [6, 6.07) is 0.171. The molecule has 0 bridgehead atoms. The predicted octanol–water partition coefficient (Wildman–Crippen LogP) is 0.308. The highest BCUT2D eigenvalue weighted by Crippen LogP contribution is 2.13. The second-order valence-electron chi connectivity index (χ2n) is 4.65. The summed E-state index contributed by atoms with van der Waals surface area (Å²) >= 11 is 0. The van der Waals surface area contributed by atoms with Crippen molar-refractivity contribution in [2.24, 2.45) is 0 Å². The van der Waals surface area contributed by atoms with Gasteiger partial charge in [-0.1, -0.05) is 0 Å². The molecule has 0 radical (unpaired) electrons. The number of hydrogen-bond donors (Lipinski definition) is 1. The van der Waals surface area contributed by atoms with Crippen LogP contribution >= 0.6 is 0 Å². The fourth-order valence-corrected chi connectivity index (χ4v) is 2.04. The Hall–Kier alpha value is -0.610. The van der Waals surface area contributed by atoms with Crippen molar-refractivity contribution < 1.29 is 9.90 Å². The minimum absolute atomic E-state index is 0.101. The number of carbonyl (C=O) groups is 1. The van der Waals surface area contributed by atoms with Gasteiger partial charge in [-0.3, -0.25) is 9.69 Å². The van der Waals surface area contributed by atoms with Gasteiger partial charge in [0.2, 0.25) is 5.91 Å². The van der Waals surface area contributed by atoms with Gasteiger partial charge in [0.25, 0.3) is 0 Å². The van der Waals surface area contributed by atoms with Gasteiger partial charge < -0.3 is 10.0 Å². The van der Waals surface area contributed by atoms with Gasteiger partial charge in [0, 0.05) is 25.7 Å². The Labute approximate surface area is 91.9 Å². The van der Waals surface area contributed by atoms with E-state index >= 15 is 0 Å². The summed E-state index contributed by atoms with van der Waals surface area (Å²) in [7, 11) is 0. The summed E-state index contributed by atoms with van der Waals surface area (Å²) in [5.74, 6) is 0.178. The zero-order valence-electron chi connectivity index (χ0n) is 10.1. The van der Waals surface area contributed by atoms with E-state index in [1.54, 1.807) is 6.92 Å². The summed E-state index contributed by atoms with van der Waals surface area (Å²) in [6.07, 6.45) is -0.370. The van der Waals surface area contributed by atoms with Crippen LogP contribution in [0, 0.1) is 0 Å². The first-order valence-electron chi connectivity index (χ1n) is 5.66. The number of aliphatic hydroxyl groups is 1. The van der Waals surface area contributed by atoms with Gasteiger partial charge in [0.15, 0.2) is 0 Å². The fraction of sp³-hybridized carbons (Fsp3) is 0.909. The van der Waals surface area contributed by atoms with Crippen molar-refractivity contribution in [3.8, 4) is 0 Å². The second-order valence-corrected chi connectivity index (χ2v) is 4.65. The van der Waals surface area contributed by atoms with Crippen molar-refractivity contribution in [1.82, 2.24) is 9.80 Å². The average Bonchev–Trinajstić information content (AvgIpc) is 2.12. The predicted molar refractivity (Wildman–Crippen MR) is 59.6 cm³/mol. The lowest BCUT2D eigenvalue weighted by molar-refractivity contribution is -0.143. The van der Waals surface area contributed by atoms with Gasteiger partial charge in [-0.05, 0) is 27.7 Å². The molecule has 88 valence electrons. The number of amides is 1. The molecule has 1 fully saturated rings. The summed E-state index contributed by atoms with van der Waals surface area (Å²) < 4.78 is 0. The molecular formula is C11H22N2O2. The number of β-amino-alcohol motifs (C(OH)–C–C–N with tert-alkyl or cyclic N) is 1. The van der Waals surface area contributed by atoms with Gasteiger partial charge in [-0.2, -0.15) is 0 Å². The molecule has 1 aliphatic heterocycles. The lowest BCUT2D eigenvalue weighted by Gasteiger charge is -2.41. The first-order valence-corrected chi connectivity index (χ1v) is 5.66. The molecule has 0 aromatic rings. The standard InChI is InChI=1S/C11H22N2O2/c1-8(2)13-6-5-12(7-9(3)14)10(4)11(13)15/h8-10,14H,5-7H2,1-4H3. The summed E-state index contributed by atoms with van der Waals surface area (Å²) in [5, 5.41) is 9.32. The molecule has 1 saturated heterocycles. The molecular weight excluding hydrogens is 192 g/mol. The Bertz CT molecular complexity index is 229. The Morgan fingerprint density at radius 1 is 1.40 bits per heavy atom. The molecule has 0 saturated carbocycles. The van der Waals surface area contributed by atoms with Crippen LogP contribution in [0.5, 0.6) is 0 Å². The summed E-state index contributed by atoms with van der Waals surface area (Å²) in [5.41, 5.74) is 0. The van der Waals surface area contributed by atoms with Crippen molar-refractivity contribution in [3.05, 3.63) is 0 Å². The smallest absolute Gasteiger partial charge is 0.239 e. The maximum atomic E-state index is 12.0. The summed E-state index contributed by atoms with van der Waals surface area (Å²) in [6.45, 7) is 9.96. The summed E-state index contributed by atoms with van der Waals surface area (Å²) in [4.78, 5) is 15.9. The number of hydrogen-bond acceptors (Lipinski definition) is 3. The first kappa shape index (κ1) is 12.5. The lowest BCUT2D eigenvalue weighted by Crippen LogP contribution is -2.58. The third kappa shape index (κ3) is 2.92. The van der Waals surface area contributed by atoms with E-state index in [0.717, 1.165) is 13.1 Å². The quantitative estimate of drug-likeness (QED) is 0.735. The molecule has 15 heavy (non-hydrogen) atoms. The normalized spacial score (nSPS) is 26.1. The number of aliphatic hydroxyl groups excluding tert-OH is 1. The fourth-order valence-electron chi connectivity index (χ4n) is 2.04. The topological polar surface area (TPSA) is 43.8 Å². The molecule has 4 heteroatoms. The molecule has 1 heterocycles. The molecule has 0 aromatic carbocycles. The van der Waals surface area contributed by atoms with Gasteiger partial charge >= 0.3 is 0 Å². The van der Waals surface area contributed by atoms with Gasteiger partial charge in [0.05, 0.1) is 12.1 Å². The van der Waals surface area contributed by atoms with Gasteiger partial charge in [-0.25, -0.2) is 0 Å². The molecule has 2 atom stereocenters. The SMILES string of the molecule is CC(O)CN1CCN(C(C)C)C(=O)C1C. The molecule has 0 spiro atoms. The highest BCUT2D eigenvalue weighted by atomic mass is 16.3. The van der Waals surface area contributed by atoms with Crippen LogP contribution in [0.3, 0.4) is 0 Å². The first-order chi connectivity index (χ1) is 6.93. The van der Waals surface area contributed by atoms with Gasteiger partial charge in [0.1, 0.15) is 0 Å². The largest absolute Gasteiger partial charge is 0.392 e. The molecule has 1 rings (SSSR count). The number of rotatable bonds is 3. The highest BCUT2D eigenvalue weighted by molar-refractivity contribution is 5.82. The van der Waals surface area contributed by atoms with E-state index in [1.807, 2.05) is 30.6 Å². The average molecular weight is 214 g/mol. The van der Waals surface area contributed by atoms with Crippen LogP contribution in [0.4, 0.5) is 0 Å². The van der Waals surface area contributed by atoms with E-state index in [2.05, 4.69) is 0 Å². The molecule has 4 nitrogen and oxygen atoms in total. The molecule has 0 aliphatic carbocycles. The number of carbonyl (C=O) groups excluding carboxylic acids is 1. The van der Waals surface area contributed by atoms with Gasteiger partial charge in [-0.15, -0.1) is 0 Å².